The fourth-order valence-corrected chi connectivity index (χ4v) is 2.92. The molecule has 2 rings (SSSR count). The van der Waals surface area contributed by atoms with Crippen molar-refractivity contribution in [2.45, 2.75) is 52.0 Å². The van der Waals surface area contributed by atoms with Crippen molar-refractivity contribution >= 4 is 0 Å². The van der Waals surface area contributed by atoms with Crippen LogP contribution in [0.15, 0.2) is 24.3 Å². The maximum atomic E-state index is 3.71. The lowest BCUT2D eigenvalue weighted by Crippen LogP contribution is -2.28. The molecule has 1 aromatic carbocycles. The van der Waals surface area contributed by atoms with E-state index in [1.54, 1.807) is 0 Å². The summed E-state index contributed by atoms with van der Waals surface area (Å²) in [7, 11) is 0. The molecular formula is C16H25N. The summed E-state index contributed by atoms with van der Waals surface area (Å²) in [5, 5.41) is 3.71. The average molecular weight is 231 g/mol. The molecule has 0 aliphatic heterocycles. The molecular weight excluding hydrogens is 206 g/mol. The van der Waals surface area contributed by atoms with Crippen LogP contribution in [0.2, 0.25) is 0 Å². The summed E-state index contributed by atoms with van der Waals surface area (Å²) < 4.78 is 0. The van der Waals surface area contributed by atoms with Gasteiger partial charge in [-0.2, -0.15) is 0 Å². The highest BCUT2D eigenvalue weighted by Gasteiger charge is 2.22. The van der Waals surface area contributed by atoms with Gasteiger partial charge in [0.15, 0.2) is 0 Å². The Balaban J connectivity index is 1.70. The van der Waals surface area contributed by atoms with Crippen LogP contribution in [0.1, 0.15) is 43.7 Å². The lowest BCUT2D eigenvalue weighted by molar-refractivity contribution is 0.479. The van der Waals surface area contributed by atoms with E-state index in [1.807, 2.05) is 0 Å². The van der Waals surface area contributed by atoms with E-state index < -0.39 is 0 Å². The van der Waals surface area contributed by atoms with E-state index in [1.165, 1.54) is 36.8 Å². The minimum Gasteiger partial charge on any atom is -0.314 e. The van der Waals surface area contributed by atoms with Crippen LogP contribution in [-0.4, -0.2) is 12.6 Å². The van der Waals surface area contributed by atoms with E-state index in [9.17, 15) is 0 Å². The van der Waals surface area contributed by atoms with Gasteiger partial charge in [0, 0.05) is 6.04 Å². The molecule has 0 spiro atoms. The highest BCUT2D eigenvalue weighted by molar-refractivity contribution is 5.22. The maximum Gasteiger partial charge on any atom is 0.00699 e. The van der Waals surface area contributed by atoms with E-state index in [-0.39, 0.29) is 0 Å². The quantitative estimate of drug-likeness (QED) is 0.814. The van der Waals surface area contributed by atoms with Crippen LogP contribution >= 0.6 is 0 Å². The van der Waals surface area contributed by atoms with Crippen LogP contribution in [0.25, 0.3) is 0 Å². The fraction of sp³-hybridized carbons (Fsp3) is 0.625. The third-order valence-corrected chi connectivity index (χ3v) is 4.05. The Morgan fingerprint density at radius 3 is 2.88 bits per heavy atom. The lowest BCUT2D eigenvalue weighted by Gasteiger charge is -2.12. The molecule has 2 atom stereocenters. The zero-order valence-electron chi connectivity index (χ0n) is 11.2. The first-order valence-corrected chi connectivity index (χ1v) is 7.07. The Hall–Kier alpha value is -0.820. The van der Waals surface area contributed by atoms with Crippen molar-refractivity contribution in [2.24, 2.45) is 5.92 Å². The molecule has 1 N–H and O–H groups in total. The molecule has 0 saturated heterocycles. The Kier molecular flexibility index (Phi) is 4.61. The highest BCUT2D eigenvalue weighted by atomic mass is 14.9. The van der Waals surface area contributed by atoms with Gasteiger partial charge in [-0.1, -0.05) is 43.2 Å². The number of rotatable bonds is 5. The molecule has 1 aromatic rings. The van der Waals surface area contributed by atoms with Crippen LogP contribution in [0, 0.1) is 12.8 Å². The molecule has 0 amide bonds. The molecule has 0 heterocycles. The molecule has 1 nitrogen and oxygen atoms in total. The first kappa shape index (κ1) is 12.6. The standard InChI is InChI=1S/C16H25N/c1-3-14-7-8-16(12-14)17-10-9-15-6-4-5-13(2)11-15/h4-6,11,14,16-17H,3,7-10,12H2,1-2H3. The molecule has 94 valence electrons. The minimum absolute atomic E-state index is 0.782. The van der Waals surface area contributed by atoms with Crippen molar-refractivity contribution in [2.75, 3.05) is 6.54 Å². The van der Waals surface area contributed by atoms with E-state index in [2.05, 4.69) is 43.4 Å². The minimum atomic E-state index is 0.782. The number of aryl methyl sites for hydroxylation is 1. The zero-order chi connectivity index (χ0) is 12.1. The van der Waals surface area contributed by atoms with Crippen molar-refractivity contribution in [3.63, 3.8) is 0 Å². The molecule has 17 heavy (non-hydrogen) atoms. The number of hydrogen-bond donors (Lipinski definition) is 1. The van der Waals surface area contributed by atoms with Gasteiger partial charge in [0.2, 0.25) is 0 Å². The van der Waals surface area contributed by atoms with Crippen molar-refractivity contribution in [3.05, 3.63) is 35.4 Å². The van der Waals surface area contributed by atoms with Gasteiger partial charge in [-0.3, -0.25) is 0 Å². The molecule has 0 aromatic heterocycles. The van der Waals surface area contributed by atoms with Gasteiger partial charge in [-0.05, 0) is 50.6 Å². The predicted molar refractivity (Wildman–Crippen MR) is 74.3 cm³/mol. The maximum absolute atomic E-state index is 3.71. The largest absolute Gasteiger partial charge is 0.314 e. The van der Waals surface area contributed by atoms with Crippen LogP contribution in [0.5, 0.6) is 0 Å². The summed E-state index contributed by atoms with van der Waals surface area (Å²) in [6.45, 7) is 5.62. The SMILES string of the molecule is CCC1CCC(NCCc2cccc(C)c2)C1. The second-order valence-electron chi connectivity index (χ2n) is 5.48. The van der Waals surface area contributed by atoms with Gasteiger partial charge < -0.3 is 5.32 Å². The van der Waals surface area contributed by atoms with E-state index in [0.717, 1.165) is 24.9 Å². The number of nitrogens with one attached hydrogen (secondary N) is 1. The summed E-state index contributed by atoms with van der Waals surface area (Å²) in [5.41, 5.74) is 2.83. The van der Waals surface area contributed by atoms with Gasteiger partial charge in [0.05, 0.1) is 0 Å². The smallest absolute Gasteiger partial charge is 0.00699 e. The summed E-state index contributed by atoms with van der Waals surface area (Å²) >= 11 is 0. The zero-order valence-corrected chi connectivity index (χ0v) is 11.2. The average Bonchev–Trinajstić information content (AvgIpc) is 2.77. The Morgan fingerprint density at radius 2 is 2.18 bits per heavy atom. The molecule has 0 bridgehead atoms. The van der Waals surface area contributed by atoms with Gasteiger partial charge in [-0.25, -0.2) is 0 Å². The van der Waals surface area contributed by atoms with Crippen molar-refractivity contribution in [1.82, 2.24) is 5.32 Å². The topological polar surface area (TPSA) is 12.0 Å². The Morgan fingerprint density at radius 1 is 1.29 bits per heavy atom. The summed E-state index contributed by atoms with van der Waals surface area (Å²) in [6, 6.07) is 9.64. The second-order valence-corrected chi connectivity index (χ2v) is 5.48. The van der Waals surface area contributed by atoms with Gasteiger partial charge in [0.25, 0.3) is 0 Å². The molecule has 1 aliphatic carbocycles. The molecule has 1 aliphatic rings. The molecule has 1 saturated carbocycles. The van der Waals surface area contributed by atoms with Gasteiger partial charge in [0.1, 0.15) is 0 Å². The normalized spacial score (nSPS) is 24.1. The summed E-state index contributed by atoms with van der Waals surface area (Å²) in [6.07, 6.45) is 6.72. The van der Waals surface area contributed by atoms with E-state index in [0.29, 0.717) is 0 Å². The Labute approximate surface area is 106 Å². The van der Waals surface area contributed by atoms with E-state index >= 15 is 0 Å². The molecule has 0 radical (unpaired) electrons. The van der Waals surface area contributed by atoms with E-state index in [4.69, 9.17) is 0 Å². The van der Waals surface area contributed by atoms with Crippen LogP contribution in [0.4, 0.5) is 0 Å². The molecule has 1 fully saturated rings. The Bertz CT molecular complexity index is 345. The van der Waals surface area contributed by atoms with Gasteiger partial charge >= 0.3 is 0 Å². The first-order chi connectivity index (χ1) is 8.28. The molecule has 1 heteroatoms. The third kappa shape index (κ3) is 3.85. The van der Waals surface area contributed by atoms with Crippen molar-refractivity contribution < 1.29 is 0 Å². The summed E-state index contributed by atoms with van der Waals surface area (Å²) in [5.74, 6) is 0.978. The van der Waals surface area contributed by atoms with Crippen LogP contribution in [-0.2, 0) is 6.42 Å². The third-order valence-electron chi connectivity index (χ3n) is 4.05. The van der Waals surface area contributed by atoms with Gasteiger partial charge in [-0.15, -0.1) is 0 Å². The van der Waals surface area contributed by atoms with Crippen molar-refractivity contribution in [3.8, 4) is 0 Å². The highest BCUT2D eigenvalue weighted by Crippen LogP contribution is 2.27. The predicted octanol–water partition coefficient (Wildman–Crippen LogP) is 3.71. The lowest BCUT2D eigenvalue weighted by atomic mass is 10.1. The van der Waals surface area contributed by atoms with Crippen LogP contribution in [0.3, 0.4) is 0 Å². The van der Waals surface area contributed by atoms with Crippen molar-refractivity contribution in [1.29, 1.82) is 0 Å². The first-order valence-electron chi connectivity index (χ1n) is 7.07. The second kappa shape index (κ2) is 6.20. The monoisotopic (exact) mass is 231 g/mol. The molecule has 2 unspecified atom stereocenters. The fourth-order valence-electron chi connectivity index (χ4n) is 2.92. The number of hydrogen-bond acceptors (Lipinski definition) is 1. The number of benzene rings is 1. The van der Waals surface area contributed by atoms with Crippen LogP contribution < -0.4 is 5.32 Å². The summed E-state index contributed by atoms with van der Waals surface area (Å²) in [4.78, 5) is 0.